The van der Waals surface area contributed by atoms with Crippen LogP contribution in [0.1, 0.15) is 25.1 Å². The van der Waals surface area contributed by atoms with E-state index in [1.807, 2.05) is 0 Å². The second kappa shape index (κ2) is 4.34. The summed E-state index contributed by atoms with van der Waals surface area (Å²) in [6.07, 6.45) is 0.743. The van der Waals surface area contributed by atoms with Crippen LogP contribution in [0.15, 0.2) is 15.8 Å². The molecule has 0 aliphatic carbocycles. The maximum Gasteiger partial charge on any atom is 0.330 e. The Morgan fingerprint density at radius 3 is 2.89 bits per heavy atom. The first kappa shape index (κ1) is 13.0. The van der Waals surface area contributed by atoms with E-state index in [1.165, 1.54) is 10.8 Å². The molecule has 100 valence electrons. The van der Waals surface area contributed by atoms with Crippen molar-refractivity contribution >= 4 is 0 Å². The van der Waals surface area contributed by atoms with E-state index in [1.54, 1.807) is 13.8 Å². The summed E-state index contributed by atoms with van der Waals surface area (Å²) in [4.78, 5) is 25.2. The van der Waals surface area contributed by atoms with Gasteiger partial charge in [-0.25, -0.2) is 4.79 Å². The molecule has 7 heteroatoms. The van der Waals surface area contributed by atoms with E-state index in [2.05, 4.69) is 4.98 Å². The van der Waals surface area contributed by atoms with Crippen molar-refractivity contribution in [3.8, 4) is 0 Å². The van der Waals surface area contributed by atoms with Crippen molar-refractivity contribution in [2.75, 3.05) is 6.61 Å². The summed E-state index contributed by atoms with van der Waals surface area (Å²) in [5.74, 6) is 0. The smallest absolute Gasteiger partial charge is 0.330 e. The number of ether oxygens (including phenoxy) is 1. The molecule has 7 nitrogen and oxygen atoms in total. The van der Waals surface area contributed by atoms with E-state index in [0.717, 1.165) is 0 Å². The third-order valence-corrected chi connectivity index (χ3v) is 3.29. The van der Waals surface area contributed by atoms with Crippen molar-refractivity contribution in [3.63, 3.8) is 0 Å². The number of aromatic nitrogens is 2. The maximum absolute atomic E-state index is 11.7. The van der Waals surface area contributed by atoms with E-state index in [0.29, 0.717) is 12.0 Å². The molecule has 0 aromatic carbocycles. The highest BCUT2D eigenvalue weighted by molar-refractivity contribution is 5.03. The number of H-pyrrole nitrogens is 1. The first-order chi connectivity index (χ1) is 8.35. The van der Waals surface area contributed by atoms with Crippen LogP contribution in [0.4, 0.5) is 0 Å². The number of aromatic amines is 1. The molecule has 0 bridgehead atoms. The molecule has 3 atom stereocenters. The second-order valence-corrected chi connectivity index (χ2v) is 4.95. The lowest BCUT2D eigenvalue weighted by Crippen LogP contribution is -2.46. The second-order valence-electron chi connectivity index (χ2n) is 4.95. The van der Waals surface area contributed by atoms with Crippen molar-refractivity contribution in [2.45, 2.75) is 38.1 Å². The number of aliphatic hydroxyl groups is 1. The van der Waals surface area contributed by atoms with Crippen LogP contribution < -0.4 is 17.0 Å². The molecule has 1 aliphatic rings. The van der Waals surface area contributed by atoms with Gasteiger partial charge >= 0.3 is 5.69 Å². The molecule has 1 aromatic heterocycles. The van der Waals surface area contributed by atoms with Crippen molar-refractivity contribution in [1.82, 2.24) is 9.55 Å². The summed E-state index contributed by atoms with van der Waals surface area (Å²) in [5, 5.41) is 9.18. The minimum absolute atomic E-state index is 0.208. The quantitative estimate of drug-likeness (QED) is 0.617. The molecule has 4 N–H and O–H groups in total. The Hall–Kier alpha value is -1.44. The molecular weight excluding hydrogens is 238 g/mol. The third kappa shape index (κ3) is 2.12. The Morgan fingerprint density at radius 2 is 2.33 bits per heavy atom. The van der Waals surface area contributed by atoms with Gasteiger partial charge in [-0.3, -0.25) is 14.3 Å². The van der Waals surface area contributed by atoms with Gasteiger partial charge < -0.3 is 15.6 Å². The lowest BCUT2D eigenvalue weighted by molar-refractivity contribution is -0.0344. The highest BCUT2D eigenvalue weighted by Gasteiger charge is 2.42. The summed E-state index contributed by atoms with van der Waals surface area (Å²) >= 11 is 0. The Balaban J connectivity index is 2.38. The molecule has 1 fully saturated rings. The summed E-state index contributed by atoms with van der Waals surface area (Å²) in [6, 6.07) is 0. The van der Waals surface area contributed by atoms with Gasteiger partial charge in [0.2, 0.25) is 0 Å². The molecule has 1 aliphatic heterocycles. The number of rotatable bonds is 2. The molecule has 2 heterocycles. The van der Waals surface area contributed by atoms with Gasteiger partial charge in [0.05, 0.1) is 6.61 Å². The van der Waals surface area contributed by atoms with Crippen LogP contribution in [0, 0.1) is 6.92 Å². The molecule has 0 amide bonds. The van der Waals surface area contributed by atoms with Gasteiger partial charge in [0.25, 0.3) is 5.56 Å². The summed E-state index contributed by atoms with van der Waals surface area (Å²) in [7, 11) is 0. The maximum atomic E-state index is 11.7. The molecule has 1 aromatic rings. The van der Waals surface area contributed by atoms with Crippen LogP contribution in [0.5, 0.6) is 0 Å². The molecule has 18 heavy (non-hydrogen) atoms. The molecular formula is C11H17N3O4. The number of hydrogen-bond acceptors (Lipinski definition) is 5. The average Bonchev–Trinajstić information content (AvgIpc) is 2.58. The monoisotopic (exact) mass is 255 g/mol. The minimum atomic E-state index is -0.705. The molecule has 1 saturated heterocycles. The van der Waals surface area contributed by atoms with Crippen molar-refractivity contribution in [2.24, 2.45) is 5.73 Å². The topological polar surface area (TPSA) is 110 Å². The zero-order chi connectivity index (χ0) is 13.5. The van der Waals surface area contributed by atoms with E-state index in [4.69, 9.17) is 10.5 Å². The number of nitrogens with one attached hydrogen (secondary N) is 1. The van der Waals surface area contributed by atoms with E-state index in [9.17, 15) is 14.7 Å². The normalized spacial score (nSPS) is 31.8. The molecule has 0 radical (unpaired) electrons. The standard InChI is InChI=1S/C11H17N3O4/c1-6-4-14(10(17)13-9(6)16)8-3-11(2,12)7(5-15)18-8/h4,7-8,15H,3,5,12H2,1-2H3,(H,13,16,17). The zero-order valence-corrected chi connectivity index (χ0v) is 10.3. The SMILES string of the molecule is Cc1cn(C2CC(C)(N)C(CO)O2)c(=O)[nH]c1=O. The van der Waals surface area contributed by atoms with E-state index in [-0.39, 0.29) is 6.61 Å². The fraction of sp³-hybridized carbons (Fsp3) is 0.636. The van der Waals surface area contributed by atoms with Crippen molar-refractivity contribution < 1.29 is 9.84 Å². The van der Waals surface area contributed by atoms with Gasteiger partial charge in [-0.05, 0) is 13.8 Å². The number of nitrogens with zero attached hydrogens (tertiary/aromatic N) is 1. The number of hydrogen-bond donors (Lipinski definition) is 3. The van der Waals surface area contributed by atoms with Gasteiger partial charge in [-0.2, -0.15) is 0 Å². The minimum Gasteiger partial charge on any atom is -0.394 e. The first-order valence-corrected chi connectivity index (χ1v) is 5.72. The van der Waals surface area contributed by atoms with Crippen LogP contribution in [0.3, 0.4) is 0 Å². The predicted molar refractivity (Wildman–Crippen MR) is 64.3 cm³/mol. The van der Waals surface area contributed by atoms with Crippen molar-refractivity contribution in [3.05, 3.63) is 32.6 Å². The lowest BCUT2D eigenvalue weighted by Gasteiger charge is -2.22. The highest BCUT2D eigenvalue weighted by Crippen LogP contribution is 2.33. The summed E-state index contributed by atoms with van der Waals surface area (Å²) in [6.45, 7) is 3.16. The van der Waals surface area contributed by atoms with Gasteiger partial charge in [-0.15, -0.1) is 0 Å². The van der Waals surface area contributed by atoms with Crippen molar-refractivity contribution in [1.29, 1.82) is 0 Å². The zero-order valence-electron chi connectivity index (χ0n) is 10.3. The van der Waals surface area contributed by atoms with Gasteiger partial charge in [0.1, 0.15) is 12.3 Å². The summed E-state index contributed by atoms with van der Waals surface area (Å²) in [5.41, 5.74) is 4.77. The number of aliphatic hydroxyl groups excluding tert-OH is 1. The fourth-order valence-corrected chi connectivity index (χ4v) is 2.12. The Bertz CT molecular complexity index is 560. The van der Waals surface area contributed by atoms with Crippen LogP contribution in [-0.2, 0) is 4.74 Å². The third-order valence-electron chi connectivity index (χ3n) is 3.29. The van der Waals surface area contributed by atoms with Gasteiger partial charge in [-0.1, -0.05) is 0 Å². The van der Waals surface area contributed by atoms with Crippen LogP contribution in [0.2, 0.25) is 0 Å². The Kier molecular flexibility index (Phi) is 3.14. The van der Waals surface area contributed by atoms with Crippen LogP contribution in [-0.4, -0.2) is 32.9 Å². The van der Waals surface area contributed by atoms with Crippen LogP contribution >= 0.6 is 0 Å². The fourth-order valence-electron chi connectivity index (χ4n) is 2.12. The lowest BCUT2D eigenvalue weighted by atomic mass is 9.95. The molecule has 2 rings (SSSR count). The average molecular weight is 255 g/mol. The summed E-state index contributed by atoms with van der Waals surface area (Å²) < 4.78 is 6.86. The first-order valence-electron chi connectivity index (χ1n) is 5.72. The van der Waals surface area contributed by atoms with E-state index >= 15 is 0 Å². The predicted octanol–water partition coefficient (Wildman–Crippen LogP) is -1.16. The molecule has 3 unspecified atom stereocenters. The largest absolute Gasteiger partial charge is 0.394 e. The number of aryl methyl sites for hydroxylation is 1. The Morgan fingerprint density at radius 1 is 1.67 bits per heavy atom. The van der Waals surface area contributed by atoms with Gasteiger partial charge in [0.15, 0.2) is 0 Å². The molecule has 0 saturated carbocycles. The Labute approximate surface area is 103 Å². The van der Waals surface area contributed by atoms with E-state index < -0.39 is 29.1 Å². The van der Waals surface area contributed by atoms with Crippen LogP contribution in [0.25, 0.3) is 0 Å². The highest BCUT2D eigenvalue weighted by atomic mass is 16.5. The van der Waals surface area contributed by atoms with Gasteiger partial charge in [0, 0.05) is 23.7 Å². The molecule has 0 spiro atoms. The number of nitrogens with two attached hydrogens (primary N) is 1.